The lowest BCUT2D eigenvalue weighted by atomic mass is 9.88. The van der Waals surface area contributed by atoms with Gasteiger partial charge in [-0.1, -0.05) is 0 Å². The molecule has 0 spiro atoms. The highest BCUT2D eigenvalue weighted by molar-refractivity contribution is 5.73. The van der Waals surface area contributed by atoms with Crippen LogP contribution in [-0.2, 0) is 14.3 Å². The van der Waals surface area contributed by atoms with Crippen LogP contribution in [0.25, 0.3) is 0 Å². The van der Waals surface area contributed by atoms with Crippen LogP contribution in [-0.4, -0.2) is 38.0 Å². The Morgan fingerprint density at radius 1 is 1.20 bits per heavy atom. The zero-order valence-electron chi connectivity index (χ0n) is 9.91. The van der Waals surface area contributed by atoms with Crippen molar-refractivity contribution in [2.45, 2.75) is 33.1 Å². The number of carboxylic acid groups (broad SMARTS) is 1. The van der Waals surface area contributed by atoms with Crippen molar-refractivity contribution in [1.29, 1.82) is 0 Å². The van der Waals surface area contributed by atoms with Gasteiger partial charge in [0.1, 0.15) is 0 Å². The molecule has 0 radical (unpaired) electrons. The summed E-state index contributed by atoms with van der Waals surface area (Å²) in [6, 6.07) is 0. The number of carboxylic acids is 1. The number of rotatable bonds is 9. The van der Waals surface area contributed by atoms with Crippen LogP contribution in [0.2, 0.25) is 0 Å². The first kappa shape index (κ1) is 14.4. The van der Waals surface area contributed by atoms with Gasteiger partial charge in [0.25, 0.3) is 0 Å². The van der Waals surface area contributed by atoms with E-state index in [2.05, 4.69) is 0 Å². The van der Waals surface area contributed by atoms with Gasteiger partial charge in [0.2, 0.25) is 0 Å². The predicted octanol–water partition coefficient (Wildman–Crippen LogP) is 1.93. The first-order valence-electron chi connectivity index (χ1n) is 5.31. The Kier molecular flexibility index (Phi) is 7.34. The molecule has 0 aliphatic carbocycles. The van der Waals surface area contributed by atoms with E-state index in [4.69, 9.17) is 14.6 Å². The SMILES string of the molecule is COCCCOCCCC(C)(C)C(=O)O. The molecular formula is C11H22O4. The normalized spacial score (nSPS) is 11.7. The lowest BCUT2D eigenvalue weighted by Crippen LogP contribution is -2.23. The molecule has 0 saturated carbocycles. The highest BCUT2D eigenvalue weighted by Crippen LogP contribution is 2.22. The molecule has 0 aliphatic rings. The minimum absolute atomic E-state index is 0.625. The fourth-order valence-electron chi connectivity index (χ4n) is 1.13. The molecule has 0 aromatic heterocycles. The van der Waals surface area contributed by atoms with Gasteiger partial charge in [0, 0.05) is 26.9 Å². The second kappa shape index (κ2) is 7.65. The van der Waals surface area contributed by atoms with Crippen molar-refractivity contribution in [1.82, 2.24) is 0 Å². The minimum atomic E-state index is -0.748. The van der Waals surface area contributed by atoms with Gasteiger partial charge in [-0.05, 0) is 33.1 Å². The Balaban J connectivity index is 3.35. The molecule has 0 rings (SSSR count). The molecule has 1 N–H and O–H groups in total. The Bertz CT molecular complexity index is 177. The van der Waals surface area contributed by atoms with E-state index in [1.54, 1.807) is 21.0 Å². The number of methoxy groups -OCH3 is 1. The summed E-state index contributed by atoms with van der Waals surface area (Å²) in [5.74, 6) is -0.748. The molecule has 0 amide bonds. The molecule has 0 aliphatic heterocycles. The van der Waals surface area contributed by atoms with E-state index in [9.17, 15) is 4.79 Å². The number of hydrogen-bond acceptors (Lipinski definition) is 3. The van der Waals surface area contributed by atoms with Gasteiger partial charge in [-0.3, -0.25) is 4.79 Å². The average Bonchev–Trinajstić information content (AvgIpc) is 2.16. The van der Waals surface area contributed by atoms with Crippen LogP contribution in [0.15, 0.2) is 0 Å². The van der Waals surface area contributed by atoms with Crippen LogP contribution in [0.5, 0.6) is 0 Å². The van der Waals surface area contributed by atoms with Gasteiger partial charge in [0.15, 0.2) is 0 Å². The molecule has 0 heterocycles. The Morgan fingerprint density at radius 2 is 1.80 bits per heavy atom. The molecule has 0 aromatic rings. The van der Waals surface area contributed by atoms with E-state index >= 15 is 0 Å². The van der Waals surface area contributed by atoms with Gasteiger partial charge in [0.05, 0.1) is 5.41 Å². The molecule has 90 valence electrons. The van der Waals surface area contributed by atoms with Crippen molar-refractivity contribution in [3.05, 3.63) is 0 Å². The molecule has 0 bridgehead atoms. The second-order valence-corrected chi connectivity index (χ2v) is 4.25. The van der Waals surface area contributed by atoms with Crippen molar-refractivity contribution >= 4 is 5.97 Å². The van der Waals surface area contributed by atoms with E-state index in [1.165, 1.54) is 0 Å². The summed E-state index contributed by atoms with van der Waals surface area (Å²) in [7, 11) is 1.66. The monoisotopic (exact) mass is 218 g/mol. The van der Waals surface area contributed by atoms with E-state index < -0.39 is 11.4 Å². The lowest BCUT2D eigenvalue weighted by Gasteiger charge is -2.18. The third kappa shape index (κ3) is 7.33. The zero-order chi connectivity index (χ0) is 11.7. The molecule has 4 nitrogen and oxygen atoms in total. The lowest BCUT2D eigenvalue weighted by molar-refractivity contribution is -0.147. The van der Waals surface area contributed by atoms with Crippen molar-refractivity contribution in [2.75, 3.05) is 26.9 Å². The number of hydrogen-bond donors (Lipinski definition) is 1. The number of carbonyl (C=O) groups is 1. The van der Waals surface area contributed by atoms with Crippen molar-refractivity contribution < 1.29 is 19.4 Å². The van der Waals surface area contributed by atoms with Crippen molar-refractivity contribution in [2.24, 2.45) is 5.41 Å². The van der Waals surface area contributed by atoms with Gasteiger partial charge < -0.3 is 14.6 Å². The maximum Gasteiger partial charge on any atom is 0.309 e. The van der Waals surface area contributed by atoms with Gasteiger partial charge in [-0.25, -0.2) is 0 Å². The van der Waals surface area contributed by atoms with Gasteiger partial charge in [-0.2, -0.15) is 0 Å². The standard InChI is InChI=1S/C11H22O4/c1-11(2,10(12)13)6-4-8-15-9-5-7-14-3/h4-9H2,1-3H3,(H,12,13). The zero-order valence-corrected chi connectivity index (χ0v) is 9.91. The fourth-order valence-corrected chi connectivity index (χ4v) is 1.13. The molecule has 0 atom stereocenters. The summed E-state index contributed by atoms with van der Waals surface area (Å²) in [6.07, 6.45) is 2.32. The molecule has 0 aromatic carbocycles. The quantitative estimate of drug-likeness (QED) is 0.601. The summed E-state index contributed by atoms with van der Waals surface area (Å²) in [6.45, 7) is 5.49. The maximum atomic E-state index is 10.8. The third-order valence-electron chi connectivity index (χ3n) is 2.31. The highest BCUT2D eigenvalue weighted by atomic mass is 16.5. The van der Waals surface area contributed by atoms with Crippen molar-refractivity contribution in [3.63, 3.8) is 0 Å². The first-order chi connectivity index (χ1) is 7.00. The predicted molar refractivity (Wildman–Crippen MR) is 58.0 cm³/mol. The fraction of sp³-hybridized carbons (Fsp3) is 0.909. The Hall–Kier alpha value is -0.610. The molecule has 15 heavy (non-hydrogen) atoms. The number of aliphatic carboxylic acids is 1. The molecule has 4 heteroatoms. The molecule has 0 fully saturated rings. The topological polar surface area (TPSA) is 55.8 Å². The molecular weight excluding hydrogens is 196 g/mol. The largest absolute Gasteiger partial charge is 0.481 e. The number of ether oxygens (including phenoxy) is 2. The summed E-state index contributed by atoms with van der Waals surface area (Å²) in [5.41, 5.74) is -0.643. The second-order valence-electron chi connectivity index (χ2n) is 4.25. The van der Waals surface area contributed by atoms with Crippen LogP contribution in [0.1, 0.15) is 33.1 Å². The van der Waals surface area contributed by atoms with Crippen LogP contribution >= 0.6 is 0 Å². The summed E-state index contributed by atoms with van der Waals surface area (Å²) in [5, 5.41) is 8.86. The van der Waals surface area contributed by atoms with Gasteiger partial charge >= 0.3 is 5.97 Å². The van der Waals surface area contributed by atoms with Crippen molar-refractivity contribution in [3.8, 4) is 0 Å². The van der Waals surface area contributed by atoms with Crippen LogP contribution in [0, 0.1) is 5.41 Å². The summed E-state index contributed by atoms with van der Waals surface area (Å²) < 4.78 is 10.2. The van der Waals surface area contributed by atoms with Crippen LogP contribution < -0.4 is 0 Å². The molecule has 0 saturated heterocycles. The highest BCUT2D eigenvalue weighted by Gasteiger charge is 2.25. The Morgan fingerprint density at radius 3 is 2.33 bits per heavy atom. The smallest absolute Gasteiger partial charge is 0.309 e. The van der Waals surface area contributed by atoms with E-state index in [-0.39, 0.29) is 0 Å². The van der Waals surface area contributed by atoms with E-state index in [0.717, 1.165) is 12.8 Å². The van der Waals surface area contributed by atoms with Crippen LogP contribution in [0.4, 0.5) is 0 Å². The third-order valence-corrected chi connectivity index (χ3v) is 2.31. The van der Waals surface area contributed by atoms with E-state index in [1.807, 2.05) is 0 Å². The van der Waals surface area contributed by atoms with E-state index in [0.29, 0.717) is 26.2 Å². The summed E-state index contributed by atoms with van der Waals surface area (Å²) in [4.78, 5) is 10.8. The average molecular weight is 218 g/mol. The first-order valence-corrected chi connectivity index (χ1v) is 5.31. The van der Waals surface area contributed by atoms with Gasteiger partial charge in [-0.15, -0.1) is 0 Å². The Labute approximate surface area is 91.6 Å². The minimum Gasteiger partial charge on any atom is -0.481 e. The van der Waals surface area contributed by atoms with Crippen LogP contribution in [0.3, 0.4) is 0 Å². The maximum absolute atomic E-state index is 10.8. The molecule has 0 unspecified atom stereocenters. The summed E-state index contributed by atoms with van der Waals surface area (Å²) >= 11 is 0.